The van der Waals surface area contributed by atoms with Crippen molar-refractivity contribution in [2.45, 2.75) is 44.4 Å². The van der Waals surface area contributed by atoms with E-state index in [1.165, 1.54) is 11.0 Å². The first-order chi connectivity index (χ1) is 10.1. The van der Waals surface area contributed by atoms with Gasteiger partial charge in [0.1, 0.15) is 11.1 Å². The summed E-state index contributed by atoms with van der Waals surface area (Å²) in [6.45, 7) is 2.61. The summed E-state index contributed by atoms with van der Waals surface area (Å²) in [5.74, 6) is -1.09. The van der Waals surface area contributed by atoms with Crippen LogP contribution in [0.4, 0.5) is 0 Å². The molecule has 0 aromatic rings. The van der Waals surface area contributed by atoms with Crippen molar-refractivity contribution in [3.63, 3.8) is 0 Å². The SMILES string of the molecule is CCCCCCOS1(C=O)CC=C(C(=O)O)N2C(=O)CC21. The number of fused-ring (bicyclic) bond motifs is 1. The molecule has 7 heteroatoms. The number of amides is 1. The Morgan fingerprint density at radius 3 is 2.86 bits per heavy atom. The van der Waals surface area contributed by atoms with Crippen molar-refractivity contribution in [2.24, 2.45) is 0 Å². The Kier molecular flexibility index (Phi) is 5.05. The van der Waals surface area contributed by atoms with E-state index in [-0.39, 0.29) is 18.0 Å². The lowest BCUT2D eigenvalue weighted by atomic mass is 10.1. The summed E-state index contributed by atoms with van der Waals surface area (Å²) in [5, 5.41) is 8.71. The van der Waals surface area contributed by atoms with E-state index < -0.39 is 21.7 Å². The zero-order valence-electron chi connectivity index (χ0n) is 12.1. The normalized spacial score (nSPS) is 30.7. The number of carbonyl (C=O) groups is 3. The molecule has 2 aliphatic rings. The molecule has 1 N–H and O–H groups in total. The standard InChI is InChI=1S/C14H21NO5S/c1-2-3-4-5-7-20-21(10-16)8-6-11(14(18)19)15-12(17)9-13(15)21/h6,10,13H,2-5,7-9H2,1H3,(H,18,19). The molecule has 0 saturated carbocycles. The number of unbranched alkanes of at least 4 members (excludes halogenated alkanes) is 3. The molecular formula is C14H21NO5S. The second-order valence-electron chi connectivity index (χ2n) is 5.24. The zero-order chi connectivity index (χ0) is 15.5. The number of carbonyl (C=O) groups excluding carboxylic acids is 2. The van der Waals surface area contributed by atoms with Crippen LogP contribution in [0.25, 0.3) is 0 Å². The topological polar surface area (TPSA) is 83.9 Å². The van der Waals surface area contributed by atoms with Crippen molar-refractivity contribution in [3.05, 3.63) is 11.8 Å². The van der Waals surface area contributed by atoms with Gasteiger partial charge in [-0.05, 0) is 12.5 Å². The van der Waals surface area contributed by atoms with Crippen molar-refractivity contribution in [1.82, 2.24) is 4.90 Å². The number of hydrogen-bond donors (Lipinski definition) is 1. The summed E-state index contributed by atoms with van der Waals surface area (Å²) in [4.78, 5) is 35.6. The van der Waals surface area contributed by atoms with Gasteiger partial charge in [0, 0.05) is 5.75 Å². The fraction of sp³-hybridized carbons (Fsp3) is 0.643. The smallest absolute Gasteiger partial charge is 0.352 e. The predicted octanol–water partition coefficient (Wildman–Crippen LogP) is 2.03. The van der Waals surface area contributed by atoms with Crippen molar-refractivity contribution in [1.29, 1.82) is 0 Å². The van der Waals surface area contributed by atoms with E-state index in [9.17, 15) is 14.4 Å². The van der Waals surface area contributed by atoms with Crippen LogP contribution in [-0.4, -0.2) is 45.2 Å². The monoisotopic (exact) mass is 315 g/mol. The Bertz CT molecular complexity index is 478. The summed E-state index contributed by atoms with van der Waals surface area (Å²) in [5.41, 5.74) is 0.794. The van der Waals surface area contributed by atoms with Crippen LogP contribution in [0.3, 0.4) is 0 Å². The Hall–Kier alpha value is -1.34. The van der Waals surface area contributed by atoms with Gasteiger partial charge in [-0.15, -0.1) is 0 Å². The number of carboxylic acids is 1. The number of rotatable bonds is 8. The van der Waals surface area contributed by atoms with Gasteiger partial charge in [0.25, 0.3) is 0 Å². The van der Waals surface area contributed by atoms with Gasteiger partial charge in [0.2, 0.25) is 5.91 Å². The molecule has 0 aromatic heterocycles. The molecule has 0 radical (unpaired) electrons. The van der Waals surface area contributed by atoms with Crippen LogP contribution in [0.2, 0.25) is 0 Å². The van der Waals surface area contributed by atoms with Gasteiger partial charge in [0.15, 0.2) is 5.62 Å². The fourth-order valence-corrected chi connectivity index (χ4v) is 5.20. The van der Waals surface area contributed by atoms with Crippen molar-refractivity contribution < 1.29 is 23.7 Å². The van der Waals surface area contributed by atoms with Gasteiger partial charge in [-0.1, -0.05) is 36.5 Å². The Labute approximate surface area is 125 Å². The molecule has 1 fully saturated rings. The molecule has 2 aliphatic heterocycles. The lowest BCUT2D eigenvalue weighted by Crippen LogP contribution is -2.58. The van der Waals surface area contributed by atoms with E-state index >= 15 is 0 Å². The molecule has 2 atom stereocenters. The van der Waals surface area contributed by atoms with E-state index in [1.54, 1.807) is 0 Å². The maximum atomic E-state index is 11.7. The summed E-state index contributed by atoms with van der Waals surface area (Å²) in [6, 6.07) is 0. The van der Waals surface area contributed by atoms with Crippen LogP contribution in [-0.2, 0) is 18.6 Å². The van der Waals surface area contributed by atoms with Crippen LogP contribution in [0.5, 0.6) is 0 Å². The minimum atomic E-state index is -2.08. The maximum absolute atomic E-state index is 11.7. The van der Waals surface area contributed by atoms with Crippen LogP contribution in [0.15, 0.2) is 11.8 Å². The van der Waals surface area contributed by atoms with Gasteiger partial charge in [-0.25, -0.2) is 4.79 Å². The summed E-state index contributed by atoms with van der Waals surface area (Å²) < 4.78 is 5.86. The van der Waals surface area contributed by atoms with E-state index in [4.69, 9.17) is 9.29 Å². The average Bonchev–Trinajstić information content (AvgIpc) is 2.46. The number of β-lactam (4-membered cyclic amide) rings is 1. The number of aliphatic carboxylic acids is 1. The summed E-state index contributed by atoms with van der Waals surface area (Å²) >= 11 is 0. The third-order valence-electron chi connectivity index (χ3n) is 3.85. The molecular weight excluding hydrogens is 294 g/mol. The number of nitrogens with zero attached hydrogens (tertiary/aromatic N) is 1. The van der Waals surface area contributed by atoms with Gasteiger partial charge in [-0.2, -0.15) is 0 Å². The lowest BCUT2D eigenvalue weighted by molar-refractivity contribution is -0.146. The van der Waals surface area contributed by atoms with Gasteiger partial charge in [0.05, 0.1) is 13.0 Å². The Morgan fingerprint density at radius 1 is 1.52 bits per heavy atom. The molecule has 0 aliphatic carbocycles. The van der Waals surface area contributed by atoms with E-state index in [2.05, 4.69) is 6.92 Å². The molecule has 6 nitrogen and oxygen atoms in total. The van der Waals surface area contributed by atoms with Gasteiger partial charge >= 0.3 is 5.97 Å². The molecule has 2 heterocycles. The lowest BCUT2D eigenvalue weighted by Gasteiger charge is -2.53. The first-order valence-electron chi connectivity index (χ1n) is 7.20. The number of hydrogen-bond acceptors (Lipinski definition) is 4. The molecule has 0 aromatic carbocycles. The molecule has 2 rings (SSSR count). The Morgan fingerprint density at radius 2 is 2.29 bits per heavy atom. The van der Waals surface area contributed by atoms with Crippen molar-refractivity contribution in [2.75, 3.05) is 12.4 Å². The average molecular weight is 315 g/mol. The minimum absolute atomic E-state index is 0.0178. The van der Waals surface area contributed by atoms with Crippen LogP contribution < -0.4 is 0 Å². The van der Waals surface area contributed by atoms with Crippen LogP contribution in [0.1, 0.15) is 39.0 Å². The fourth-order valence-electron chi connectivity index (χ4n) is 2.61. The highest BCUT2D eigenvalue weighted by Crippen LogP contribution is 2.60. The minimum Gasteiger partial charge on any atom is -0.477 e. The van der Waals surface area contributed by atoms with E-state index in [1.807, 2.05) is 0 Å². The van der Waals surface area contributed by atoms with Crippen molar-refractivity contribution >= 4 is 27.8 Å². The Balaban J connectivity index is 2.05. The molecule has 21 heavy (non-hydrogen) atoms. The molecule has 0 spiro atoms. The largest absolute Gasteiger partial charge is 0.477 e. The summed E-state index contributed by atoms with van der Waals surface area (Å²) in [6.07, 6.45) is 5.84. The molecule has 1 amide bonds. The molecule has 0 bridgehead atoms. The molecule has 118 valence electrons. The first-order valence-corrected chi connectivity index (χ1v) is 9.06. The van der Waals surface area contributed by atoms with Crippen molar-refractivity contribution in [3.8, 4) is 0 Å². The highest BCUT2D eigenvalue weighted by molar-refractivity contribution is 8.40. The quantitative estimate of drug-likeness (QED) is 0.421. The number of carboxylic acid groups (broad SMARTS) is 1. The van der Waals surface area contributed by atoms with E-state index in [0.29, 0.717) is 12.4 Å². The predicted molar refractivity (Wildman–Crippen MR) is 80.3 cm³/mol. The summed E-state index contributed by atoms with van der Waals surface area (Å²) in [7, 11) is -2.08. The van der Waals surface area contributed by atoms with E-state index in [0.717, 1.165) is 31.3 Å². The highest BCUT2D eigenvalue weighted by Gasteiger charge is 2.53. The molecule has 1 saturated heterocycles. The zero-order valence-corrected chi connectivity index (χ0v) is 12.9. The van der Waals surface area contributed by atoms with Gasteiger partial charge < -0.3 is 9.29 Å². The highest BCUT2D eigenvalue weighted by atomic mass is 32.3. The second kappa shape index (κ2) is 6.62. The third kappa shape index (κ3) is 2.98. The van der Waals surface area contributed by atoms with Gasteiger partial charge in [-0.3, -0.25) is 14.5 Å². The van der Waals surface area contributed by atoms with Crippen LogP contribution >= 0.6 is 10.3 Å². The molecule has 2 unspecified atom stereocenters. The third-order valence-corrected chi connectivity index (χ3v) is 6.76. The maximum Gasteiger partial charge on any atom is 0.352 e. The second-order valence-corrected chi connectivity index (χ2v) is 8.11. The van der Waals surface area contributed by atoms with Crippen LogP contribution in [0, 0.1) is 0 Å². The first kappa shape index (κ1) is 16.0.